The van der Waals surface area contributed by atoms with E-state index in [1.54, 1.807) is 30.3 Å². The normalized spacial score (nSPS) is 18.9. The first-order chi connectivity index (χ1) is 17.8. The van der Waals surface area contributed by atoms with Gasteiger partial charge >= 0.3 is 5.97 Å². The molecule has 5 rings (SSSR count). The lowest BCUT2D eigenvalue weighted by molar-refractivity contribution is -0.148. The lowest BCUT2D eigenvalue weighted by atomic mass is 10.0. The molecule has 2 amide bonds. The Hall–Kier alpha value is -3.00. The quantitative estimate of drug-likeness (QED) is 0.285. The summed E-state index contributed by atoms with van der Waals surface area (Å²) in [4.78, 5) is 38.9. The molecule has 14 heteroatoms. The number of thioether (sulfide) groups is 2. The number of halogens is 1. The predicted molar refractivity (Wildman–Crippen MR) is 139 cm³/mol. The Morgan fingerprint density at radius 1 is 1.27 bits per heavy atom. The molecular weight excluding hydrogens is 560 g/mol. The van der Waals surface area contributed by atoms with Crippen molar-refractivity contribution >= 4 is 64.2 Å². The van der Waals surface area contributed by atoms with Gasteiger partial charge in [0.15, 0.2) is 10.1 Å². The van der Waals surface area contributed by atoms with Crippen LogP contribution in [0, 0.1) is 6.92 Å². The summed E-state index contributed by atoms with van der Waals surface area (Å²) < 4.78 is 11.9. The van der Waals surface area contributed by atoms with Crippen LogP contribution in [0.5, 0.6) is 5.75 Å². The monoisotopic (exact) mass is 578 g/mol. The van der Waals surface area contributed by atoms with E-state index in [0.29, 0.717) is 33.6 Å². The number of rotatable bonds is 9. The number of amides is 2. The second-order valence-corrected chi connectivity index (χ2v) is 11.9. The molecule has 4 heterocycles. The molecule has 1 aromatic carbocycles. The highest BCUT2D eigenvalue weighted by Gasteiger charge is 2.54. The summed E-state index contributed by atoms with van der Waals surface area (Å²) in [7, 11) is 0. The van der Waals surface area contributed by atoms with Crippen LogP contribution in [-0.4, -0.2) is 60.9 Å². The largest absolute Gasteiger partial charge is 0.486 e. The van der Waals surface area contributed by atoms with E-state index in [-0.39, 0.29) is 18.1 Å². The smallest absolute Gasteiger partial charge is 0.352 e. The number of aliphatic carboxylic acids is 1. The summed E-state index contributed by atoms with van der Waals surface area (Å²) in [5, 5.41) is 21.4. The van der Waals surface area contributed by atoms with Gasteiger partial charge < -0.3 is 19.6 Å². The lowest BCUT2D eigenvalue weighted by Gasteiger charge is -2.49. The molecule has 10 nitrogen and oxygen atoms in total. The highest BCUT2D eigenvalue weighted by molar-refractivity contribution is 8.01. The van der Waals surface area contributed by atoms with E-state index >= 15 is 0 Å². The average molecular weight is 579 g/mol. The van der Waals surface area contributed by atoms with Gasteiger partial charge in [0, 0.05) is 16.5 Å². The van der Waals surface area contributed by atoms with Crippen LogP contribution in [0.25, 0.3) is 0 Å². The van der Waals surface area contributed by atoms with Gasteiger partial charge in [0.1, 0.15) is 40.2 Å². The number of carboxylic acid groups (broad SMARTS) is 1. The summed E-state index contributed by atoms with van der Waals surface area (Å²) >= 11 is 10.1. The highest BCUT2D eigenvalue weighted by Crippen LogP contribution is 2.42. The third kappa shape index (κ3) is 5.49. The third-order valence-corrected chi connectivity index (χ3v) is 9.14. The van der Waals surface area contributed by atoms with Gasteiger partial charge in [-0.2, -0.15) is 0 Å². The van der Waals surface area contributed by atoms with E-state index in [2.05, 4.69) is 15.5 Å². The summed E-state index contributed by atoms with van der Waals surface area (Å²) in [5.41, 5.74) is 0.591. The van der Waals surface area contributed by atoms with E-state index in [1.165, 1.54) is 45.8 Å². The maximum Gasteiger partial charge on any atom is 0.352 e. The third-order valence-electron chi connectivity index (χ3n) is 5.49. The number of hydrogen-bond acceptors (Lipinski definition) is 10. The summed E-state index contributed by atoms with van der Waals surface area (Å²) in [6.07, 6.45) is 0. The van der Waals surface area contributed by atoms with Crippen molar-refractivity contribution in [1.29, 1.82) is 0 Å². The number of hydrogen-bond donors (Lipinski definition) is 2. The molecule has 2 aromatic heterocycles. The van der Waals surface area contributed by atoms with Crippen LogP contribution < -0.4 is 10.1 Å². The summed E-state index contributed by atoms with van der Waals surface area (Å²) in [6, 6.07) is 9.09. The zero-order valence-electron chi connectivity index (χ0n) is 19.2. The van der Waals surface area contributed by atoms with Gasteiger partial charge in [-0.05, 0) is 48.9 Å². The van der Waals surface area contributed by atoms with Crippen LogP contribution in [0.2, 0.25) is 5.02 Å². The standard InChI is InChI=1S/C23H19ClN4O6S3/c1-11-26-27-23(37-11)36-10-12-9-35-21-17(20(30)28(21)18(12)22(31)32)25-19(29)16-7-6-15(34-16)8-33-14-4-2-13(24)3-5-14/h2-7,17,21H,8-10H2,1H3,(H,25,29)(H,31,32)/t17-,21-/m0/s1. The van der Waals surface area contributed by atoms with Crippen LogP contribution in [0.4, 0.5) is 0 Å². The molecule has 2 N–H and O–H groups in total. The van der Waals surface area contributed by atoms with Gasteiger partial charge in [-0.15, -0.1) is 22.0 Å². The fourth-order valence-corrected chi connectivity index (χ4v) is 7.18. The first-order valence-corrected chi connectivity index (χ1v) is 14.1. The molecule has 2 atom stereocenters. The molecule has 1 saturated heterocycles. The van der Waals surface area contributed by atoms with Gasteiger partial charge in [-0.1, -0.05) is 34.7 Å². The van der Waals surface area contributed by atoms with E-state index in [9.17, 15) is 19.5 Å². The van der Waals surface area contributed by atoms with E-state index in [0.717, 1.165) is 9.35 Å². The number of carbonyl (C=O) groups excluding carboxylic acids is 2. The second kappa shape index (κ2) is 10.8. The van der Waals surface area contributed by atoms with Crippen molar-refractivity contribution in [2.45, 2.75) is 29.3 Å². The minimum Gasteiger partial charge on any atom is -0.486 e. The molecule has 0 radical (unpaired) electrons. The Kier molecular flexibility index (Phi) is 7.47. The summed E-state index contributed by atoms with van der Waals surface area (Å²) in [6.45, 7) is 1.95. The number of benzene rings is 1. The molecule has 2 aliphatic heterocycles. The first-order valence-electron chi connectivity index (χ1n) is 10.9. The van der Waals surface area contributed by atoms with E-state index in [1.807, 2.05) is 6.92 Å². The number of nitrogens with one attached hydrogen (secondary N) is 1. The van der Waals surface area contributed by atoms with Crippen molar-refractivity contribution in [2.75, 3.05) is 11.5 Å². The van der Waals surface area contributed by atoms with Gasteiger partial charge in [-0.25, -0.2) is 4.79 Å². The molecule has 192 valence electrons. The van der Waals surface area contributed by atoms with Gasteiger partial charge in [-0.3, -0.25) is 14.5 Å². The molecule has 37 heavy (non-hydrogen) atoms. The Bertz CT molecular complexity index is 1390. The molecule has 2 aliphatic rings. The van der Waals surface area contributed by atoms with Gasteiger partial charge in [0.25, 0.3) is 11.8 Å². The topological polar surface area (TPSA) is 135 Å². The number of furan rings is 1. The number of aromatic nitrogens is 2. The van der Waals surface area contributed by atoms with Crippen molar-refractivity contribution in [3.8, 4) is 5.75 Å². The van der Waals surface area contributed by atoms with Crippen LogP contribution in [0.15, 0.2) is 56.4 Å². The molecule has 0 spiro atoms. The molecule has 0 bridgehead atoms. The van der Waals surface area contributed by atoms with Crippen LogP contribution in [-0.2, 0) is 16.2 Å². The number of nitrogens with zero attached hydrogens (tertiary/aromatic N) is 3. The number of β-lactam (4-membered cyclic amide) rings is 1. The number of carboxylic acids is 1. The van der Waals surface area contributed by atoms with Crippen molar-refractivity contribution in [2.24, 2.45) is 0 Å². The Labute approximate surface area is 228 Å². The van der Waals surface area contributed by atoms with Crippen molar-refractivity contribution in [1.82, 2.24) is 20.4 Å². The predicted octanol–water partition coefficient (Wildman–Crippen LogP) is 3.82. The Morgan fingerprint density at radius 3 is 2.76 bits per heavy atom. The molecular formula is C23H19ClN4O6S3. The summed E-state index contributed by atoms with van der Waals surface area (Å²) in [5.74, 6) is -0.369. The van der Waals surface area contributed by atoms with Crippen molar-refractivity contribution < 1.29 is 28.6 Å². The van der Waals surface area contributed by atoms with E-state index < -0.39 is 29.2 Å². The number of aryl methyl sites for hydroxylation is 1. The molecule has 1 fully saturated rings. The molecule has 3 aromatic rings. The van der Waals surface area contributed by atoms with Crippen LogP contribution in [0.1, 0.15) is 21.3 Å². The van der Waals surface area contributed by atoms with E-state index in [4.69, 9.17) is 20.8 Å². The molecule has 0 unspecified atom stereocenters. The average Bonchev–Trinajstić information content (AvgIpc) is 3.53. The SMILES string of the molecule is Cc1nnc(SCC2=C(C(=O)O)N3C(=O)[C@H](NC(=O)c4ccc(COc5ccc(Cl)cc5)o4)[C@@H]3SC2)s1. The fourth-order valence-electron chi connectivity index (χ4n) is 3.76. The zero-order valence-corrected chi connectivity index (χ0v) is 22.4. The number of carbonyl (C=O) groups is 3. The Morgan fingerprint density at radius 2 is 2.05 bits per heavy atom. The maximum atomic E-state index is 12.9. The van der Waals surface area contributed by atoms with Crippen LogP contribution in [0.3, 0.4) is 0 Å². The zero-order chi connectivity index (χ0) is 26.1. The van der Waals surface area contributed by atoms with Gasteiger partial charge in [0.05, 0.1) is 0 Å². The molecule has 0 saturated carbocycles. The van der Waals surface area contributed by atoms with Crippen molar-refractivity contribution in [3.05, 3.63) is 69.2 Å². The molecule has 0 aliphatic carbocycles. The number of fused-ring (bicyclic) bond motifs is 1. The fraction of sp³-hybridized carbons (Fsp3) is 0.261. The maximum absolute atomic E-state index is 12.9. The second-order valence-electron chi connectivity index (χ2n) is 8.00. The lowest BCUT2D eigenvalue weighted by Crippen LogP contribution is -2.70. The van der Waals surface area contributed by atoms with Gasteiger partial charge in [0.2, 0.25) is 0 Å². The minimum atomic E-state index is -1.18. The Balaban J connectivity index is 1.20. The minimum absolute atomic E-state index is 0.0280. The van der Waals surface area contributed by atoms with Crippen LogP contribution >= 0.6 is 46.5 Å². The highest BCUT2D eigenvalue weighted by atomic mass is 35.5. The number of ether oxygens (including phenoxy) is 1. The first kappa shape index (κ1) is 25.6. The van der Waals surface area contributed by atoms with Crippen molar-refractivity contribution in [3.63, 3.8) is 0 Å².